The number of thiophene rings is 1. The molecule has 0 aliphatic heterocycles. The first-order valence-electron chi connectivity index (χ1n) is 10.2. The van der Waals surface area contributed by atoms with E-state index in [4.69, 9.17) is 0 Å². The molecule has 0 N–H and O–H groups in total. The monoisotopic (exact) mass is 543 g/mol. The highest BCUT2D eigenvalue weighted by atomic mass is 32.1. The van der Waals surface area contributed by atoms with Crippen LogP contribution < -0.4 is 9.47 Å². The molecule has 0 amide bonds. The number of ether oxygens (including phenoxy) is 2. The fourth-order valence-corrected chi connectivity index (χ4v) is 5.83. The maximum Gasteiger partial charge on any atom is 0.573 e. The van der Waals surface area contributed by atoms with Crippen molar-refractivity contribution in [3.63, 3.8) is 0 Å². The second kappa shape index (κ2) is 8.33. The molecular formula is C24H7F6N5O2S. The second-order valence-corrected chi connectivity index (χ2v) is 8.85. The van der Waals surface area contributed by atoms with E-state index in [-0.39, 0.29) is 39.2 Å². The molecule has 0 fully saturated rings. The van der Waals surface area contributed by atoms with Crippen LogP contribution in [0.2, 0.25) is 0 Å². The van der Waals surface area contributed by atoms with Crippen molar-refractivity contribution < 1.29 is 35.8 Å². The van der Waals surface area contributed by atoms with Gasteiger partial charge in [0.15, 0.2) is 0 Å². The van der Waals surface area contributed by atoms with Crippen LogP contribution in [0.15, 0.2) is 35.7 Å². The maximum atomic E-state index is 12.8. The number of rotatable bonds is 2. The van der Waals surface area contributed by atoms with Gasteiger partial charge in [0.1, 0.15) is 29.2 Å². The van der Waals surface area contributed by atoms with Crippen LogP contribution in [-0.2, 0) is 0 Å². The normalized spacial score (nSPS) is 14.4. The molecule has 0 atom stereocenters. The van der Waals surface area contributed by atoms with Crippen LogP contribution in [0.4, 0.5) is 26.3 Å². The third-order valence-electron chi connectivity index (χ3n) is 5.58. The van der Waals surface area contributed by atoms with Crippen LogP contribution in [-0.4, -0.2) is 22.7 Å². The average Bonchev–Trinajstić information content (AvgIpc) is 3.43. The summed E-state index contributed by atoms with van der Waals surface area (Å²) in [5.41, 5.74) is 1.19. The van der Waals surface area contributed by atoms with E-state index in [9.17, 15) is 42.1 Å². The Labute approximate surface area is 212 Å². The summed E-state index contributed by atoms with van der Waals surface area (Å²) in [7, 11) is 0. The largest absolute Gasteiger partial charge is 0.573 e. The number of nitriles is 3. The zero-order valence-corrected chi connectivity index (χ0v) is 19.4. The highest BCUT2D eigenvalue weighted by Crippen LogP contribution is 2.60. The molecule has 38 heavy (non-hydrogen) atoms. The van der Waals surface area contributed by atoms with Crippen LogP contribution in [0, 0.1) is 34.0 Å². The summed E-state index contributed by atoms with van der Waals surface area (Å²) in [6.45, 7) is 1.45. The summed E-state index contributed by atoms with van der Waals surface area (Å²) in [6, 6.07) is 7.52. The van der Waals surface area contributed by atoms with Crippen LogP contribution in [0.25, 0.3) is 33.7 Å². The third-order valence-corrected chi connectivity index (χ3v) is 6.81. The molecule has 2 aliphatic rings. The fraction of sp³-hybridized carbons (Fsp3) is 0.125. The number of hydrogen-bond acceptors (Lipinski definition) is 8. The Morgan fingerprint density at radius 2 is 1.21 bits per heavy atom. The Bertz CT molecular complexity index is 1730. The SMILES string of the molecule is C/C(C#N)=C1/c2cc(OC(F)(F)F)cnc2-c2c1sc1c2-c2ncc(OC(F)(F)F)cc2C1=C(C#N)C#N. The predicted molar refractivity (Wildman–Crippen MR) is 119 cm³/mol. The summed E-state index contributed by atoms with van der Waals surface area (Å²) in [6.07, 6.45) is -8.34. The Balaban J connectivity index is 1.82. The van der Waals surface area contributed by atoms with E-state index in [0.717, 1.165) is 35.9 Å². The standard InChI is InChI=1S/C24H7F6N5O2S/c1-9(4-31)15-13-2-11(36-23(25,26)27)7-34-19(13)17-18-20-14(3-12(8-35-20)37-24(28,29)30)16(10(5-32)6-33)22(18)38-21(15)17/h2-3,7-8H,1H3/b15-9+. The van der Waals surface area contributed by atoms with E-state index >= 15 is 0 Å². The quantitative estimate of drug-likeness (QED) is 0.185. The van der Waals surface area contributed by atoms with Gasteiger partial charge in [0.2, 0.25) is 0 Å². The van der Waals surface area contributed by atoms with Crippen LogP contribution >= 0.6 is 11.3 Å². The molecule has 2 aliphatic carbocycles. The number of allylic oxidation sites excluding steroid dienone is 2. The van der Waals surface area contributed by atoms with Crippen molar-refractivity contribution >= 4 is 22.5 Å². The molecular weight excluding hydrogens is 536 g/mol. The molecule has 0 bridgehead atoms. The topological polar surface area (TPSA) is 116 Å². The van der Waals surface area contributed by atoms with E-state index in [0.29, 0.717) is 20.9 Å². The lowest BCUT2D eigenvalue weighted by Gasteiger charge is -2.11. The van der Waals surface area contributed by atoms with Gasteiger partial charge in [-0.2, -0.15) is 15.8 Å². The highest BCUT2D eigenvalue weighted by Gasteiger charge is 2.42. The maximum absolute atomic E-state index is 12.8. The Morgan fingerprint density at radius 3 is 1.63 bits per heavy atom. The molecule has 14 heteroatoms. The van der Waals surface area contributed by atoms with Gasteiger partial charge in [-0.3, -0.25) is 9.97 Å². The number of hydrogen-bond donors (Lipinski definition) is 0. The number of alkyl halides is 6. The molecule has 3 heterocycles. The highest BCUT2D eigenvalue weighted by molar-refractivity contribution is 7.16. The first-order valence-corrected chi connectivity index (χ1v) is 11.0. The Morgan fingerprint density at radius 1 is 0.763 bits per heavy atom. The Hall–Kier alpha value is -4.87. The molecule has 5 rings (SSSR count). The van der Waals surface area contributed by atoms with Gasteiger partial charge < -0.3 is 9.47 Å². The molecule has 0 saturated heterocycles. The lowest BCUT2D eigenvalue weighted by Crippen LogP contribution is -2.17. The molecule has 0 radical (unpaired) electrons. The van der Waals surface area contributed by atoms with E-state index < -0.39 is 29.8 Å². The van der Waals surface area contributed by atoms with Gasteiger partial charge in [-0.15, -0.1) is 37.7 Å². The number of nitrogens with zero attached hydrogens (tertiary/aromatic N) is 5. The zero-order chi connectivity index (χ0) is 27.6. The van der Waals surface area contributed by atoms with Crippen molar-refractivity contribution in [1.29, 1.82) is 15.8 Å². The first kappa shape index (κ1) is 24.8. The van der Waals surface area contributed by atoms with Gasteiger partial charge in [-0.05, 0) is 19.1 Å². The van der Waals surface area contributed by atoms with Gasteiger partial charge in [-0.1, -0.05) is 0 Å². The van der Waals surface area contributed by atoms with Crippen molar-refractivity contribution in [2.75, 3.05) is 0 Å². The molecule has 3 aromatic heterocycles. The summed E-state index contributed by atoms with van der Waals surface area (Å²) in [4.78, 5) is 8.98. The first-order chi connectivity index (χ1) is 17.9. The van der Waals surface area contributed by atoms with E-state index in [1.165, 1.54) is 6.92 Å². The molecule has 188 valence electrons. The van der Waals surface area contributed by atoms with Crippen molar-refractivity contribution in [3.8, 4) is 52.2 Å². The number of fused-ring (bicyclic) bond motifs is 7. The molecule has 3 aromatic rings. The van der Waals surface area contributed by atoms with Gasteiger partial charge in [0.25, 0.3) is 0 Å². The average molecular weight is 543 g/mol. The third kappa shape index (κ3) is 3.90. The van der Waals surface area contributed by atoms with Gasteiger partial charge in [0.05, 0.1) is 29.9 Å². The summed E-state index contributed by atoms with van der Waals surface area (Å²) in [5, 5.41) is 28.7. The minimum Gasteiger partial charge on any atom is -0.404 e. The fourth-order valence-electron chi connectivity index (χ4n) is 4.34. The Kier molecular flexibility index (Phi) is 5.44. The van der Waals surface area contributed by atoms with Crippen LogP contribution in [0.1, 0.15) is 27.8 Å². The minimum absolute atomic E-state index is 0.0204. The number of aromatic nitrogens is 2. The van der Waals surface area contributed by atoms with Gasteiger partial charge in [0, 0.05) is 48.7 Å². The number of halogens is 6. The van der Waals surface area contributed by atoms with Crippen LogP contribution in [0.5, 0.6) is 11.5 Å². The number of pyridine rings is 2. The lowest BCUT2D eigenvalue weighted by molar-refractivity contribution is -0.275. The summed E-state index contributed by atoms with van der Waals surface area (Å²) >= 11 is 1.01. The van der Waals surface area contributed by atoms with E-state index in [2.05, 4.69) is 19.4 Å². The molecule has 0 spiro atoms. The van der Waals surface area contributed by atoms with Gasteiger partial charge in [-0.25, -0.2) is 0 Å². The summed E-state index contributed by atoms with van der Waals surface area (Å²) < 4.78 is 84.9. The minimum atomic E-state index is -5.02. The van der Waals surface area contributed by atoms with Crippen LogP contribution in [0.3, 0.4) is 0 Å². The van der Waals surface area contributed by atoms with Crippen molar-refractivity contribution in [2.24, 2.45) is 0 Å². The van der Waals surface area contributed by atoms with Crippen molar-refractivity contribution in [1.82, 2.24) is 9.97 Å². The molecule has 0 saturated carbocycles. The van der Waals surface area contributed by atoms with E-state index in [1.807, 2.05) is 6.07 Å². The smallest absolute Gasteiger partial charge is 0.404 e. The van der Waals surface area contributed by atoms with Gasteiger partial charge >= 0.3 is 12.7 Å². The van der Waals surface area contributed by atoms with E-state index in [1.54, 1.807) is 12.1 Å². The molecule has 0 unspecified atom stereocenters. The summed E-state index contributed by atoms with van der Waals surface area (Å²) in [5.74, 6) is -1.29. The predicted octanol–water partition coefficient (Wildman–Crippen LogP) is 6.49. The second-order valence-electron chi connectivity index (χ2n) is 7.83. The zero-order valence-electron chi connectivity index (χ0n) is 18.5. The molecule has 7 nitrogen and oxygen atoms in total. The van der Waals surface area contributed by atoms with Crippen molar-refractivity contribution in [2.45, 2.75) is 19.6 Å². The molecule has 0 aromatic carbocycles. The van der Waals surface area contributed by atoms with Crippen molar-refractivity contribution in [3.05, 3.63) is 56.6 Å². The lowest BCUT2D eigenvalue weighted by atomic mass is 10.0.